The summed E-state index contributed by atoms with van der Waals surface area (Å²) in [7, 11) is 0. The molecule has 0 aliphatic heterocycles. The van der Waals surface area contributed by atoms with Crippen molar-refractivity contribution in [2.75, 3.05) is 0 Å². The Hall–Kier alpha value is -6.12. The van der Waals surface area contributed by atoms with E-state index in [4.69, 9.17) is 0 Å². The van der Waals surface area contributed by atoms with Crippen LogP contribution in [0.4, 0.5) is 0 Å². The Labute approximate surface area is 266 Å². The van der Waals surface area contributed by atoms with Gasteiger partial charge in [0, 0.05) is 32.3 Å². The van der Waals surface area contributed by atoms with Crippen LogP contribution in [0, 0.1) is 0 Å². The van der Waals surface area contributed by atoms with Gasteiger partial charge in [-0.3, -0.25) is 0 Å². The third kappa shape index (κ3) is 3.59. The lowest BCUT2D eigenvalue weighted by atomic mass is 10.0. The Bertz CT molecular complexity index is 2800. The van der Waals surface area contributed by atoms with Gasteiger partial charge in [-0.15, -0.1) is 0 Å². The maximum absolute atomic E-state index is 2.45. The van der Waals surface area contributed by atoms with Crippen molar-refractivity contribution in [2.24, 2.45) is 0 Å². The highest BCUT2D eigenvalue weighted by atomic mass is 15.0. The fourth-order valence-corrected chi connectivity index (χ4v) is 7.63. The van der Waals surface area contributed by atoms with Gasteiger partial charge in [0.15, 0.2) is 0 Å². The Morgan fingerprint density at radius 2 is 0.696 bits per heavy atom. The molecule has 2 heterocycles. The van der Waals surface area contributed by atoms with Gasteiger partial charge < -0.3 is 9.13 Å². The van der Waals surface area contributed by atoms with E-state index in [9.17, 15) is 0 Å². The minimum absolute atomic E-state index is 1.20. The maximum atomic E-state index is 2.45. The van der Waals surface area contributed by atoms with E-state index in [2.05, 4.69) is 179 Å². The number of hydrogen-bond donors (Lipinski definition) is 0. The monoisotopic (exact) mass is 584 g/mol. The molecule has 0 amide bonds. The average Bonchev–Trinajstić information content (AvgIpc) is 3.63. The summed E-state index contributed by atoms with van der Waals surface area (Å²) in [5, 5.41) is 10.1. The molecule has 0 fully saturated rings. The van der Waals surface area contributed by atoms with Crippen molar-refractivity contribution < 1.29 is 0 Å². The first-order valence-electron chi connectivity index (χ1n) is 15.9. The van der Waals surface area contributed by atoms with Crippen molar-refractivity contribution in [3.63, 3.8) is 0 Å². The van der Waals surface area contributed by atoms with E-state index in [-0.39, 0.29) is 0 Å². The van der Waals surface area contributed by atoms with Crippen LogP contribution in [0.25, 0.3) is 87.7 Å². The van der Waals surface area contributed by atoms with Crippen LogP contribution in [-0.4, -0.2) is 9.13 Å². The summed E-state index contributed by atoms with van der Waals surface area (Å²) in [5.74, 6) is 0. The standard InChI is InChI=1S/C44H28N2/c1-3-15-33-29(11-1)13-9-21-39(33)45-42-20-8-6-18-36(42)38-27-31(24-26-43(38)45)32-23-25-37-35-17-5-7-19-41(35)46(44(37)28-32)40-22-10-14-30-12-2-4-16-34(30)40/h1-28H. The van der Waals surface area contributed by atoms with E-state index in [0.29, 0.717) is 0 Å². The molecule has 0 unspecified atom stereocenters. The van der Waals surface area contributed by atoms with E-state index < -0.39 is 0 Å². The summed E-state index contributed by atoms with van der Waals surface area (Å²) in [6, 6.07) is 62.0. The first kappa shape index (κ1) is 25.2. The zero-order valence-corrected chi connectivity index (χ0v) is 25.1. The van der Waals surface area contributed by atoms with Crippen LogP contribution in [0.2, 0.25) is 0 Å². The van der Waals surface area contributed by atoms with Gasteiger partial charge in [-0.05, 0) is 64.4 Å². The quantitative estimate of drug-likeness (QED) is 0.195. The number of fused-ring (bicyclic) bond motifs is 8. The first-order chi connectivity index (χ1) is 22.8. The van der Waals surface area contributed by atoms with Crippen LogP contribution in [0.3, 0.4) is 0 Å². The van der Waals surface area contributed by atoms with E-state index in [1.807, 2.05) is 0 Å². The van der Waals surface area contributed by atoms with Crippen LogP contribution >= 0.6 is 0 Å². The molecule has 0 aliphatic rings. The molecule has 8 aromatic carbocycles. The van der Waals surface area contributed by atoms with Crippen LogP contribution in [0.5, 0.6) is 0 Å². The molecule has 0 saturated carbocycles. The third-order valence-electron chi connectivity index (χ3n) is 9.69. The maximum Gasteiger partial charge on any atom is 0.0547 e. The normalized spacial score (nSPS) is 11.9. The average molecular weight is 585 g/mol. The van der Waals surface area contributed by atoms with Crippen LogP contribution < -0.4 is 0 Å². The van der Waals surface area contributed by atoms with E-state index in [1.165, 1.54) is 87.7 Å². The van der Waals surface area contributed by atoms with Crippen molar-refractivity contribution in [1.82, 2.24) is 9.13 Å². The summed E-state index contributed by atoms with van der Waals surface area (Å²) in [6.07, 6.45) is 0. The molecule has 0 spiro atoms. The highest BCUT2D eigenvalue weighted by Gasteiger charge is 2.17. The second-order valence-corrected chi connectivity index (χ2v) is 12.2. The Balaban J connectivity index is 1.23. The smallest absolute Gasteiger partial charge is 0.0547 e. The Morgan fingerprint density at radius 3 is 1.35 bits per heavy atom. The largest absolute Gasteiger partial charge is 0.309 e. The molecule has 0 atom stereocenters. The molecule has 2 nitrogen and oxygen atoms in total. The Morgan fingerprint density at radius 1 is 0.261 bits per heavy atom. The molecule has 0 saturated heterocycles. The predicted octanol–water partition coefficient (Wildman–Crippen LogP) is 11.9. The number of benzene rings is 8. The summed E-state index contributed by atoms with van der Waals surface area (Å²) in [4.78, 5) is 0. The topological polar surface area (TPSA) is 9.86 Å². The molecule has 0 aliphatic carbocycles. The van der Waals surface area contributed by atoms with Crippen molar-refractivity contribution in [2.45, 2.75) is 0 Å². The molecular formula is C44H28N2. The lowest BCUT2D eigenvalue weighted by molar-refractivity contribution is 1.20. The van der Waals surface area contributed by atoms with Crippen LogP contribution in [0.1, 0.15) is 0 Å². The molecule has 2 aromatic heterocycles. The number of aromatic nitrogens is 2. The van der Waals surface area contributed by atoms with Gasteiger partial charge in [0.05, 0.1) is 33.4 Å². The molecule has 46 heavy (non-hydrogen) atoms. The summed E-state index contributed by atoms with van der Waals surface area (Å²) in [5.41, 5.74) is 9.71. The summed E-state index contributed by atoms with van der Waals surface area (Å²) < 4.78 is 4.87. The van der Waals surface area contributed by atoms with Crippen LogP contribution in [0.15, 0.2) is 170 Å². The van der Waals surface area contributed by atoms with E-state index >= 15 is 0 Å². The highest BCUT2D eigenvalue weighted by Crippen LogP contribution is 2.39. The second kappa shape index (κ2) is 9.69. The third-order valence-corrected chi connectivity index (χ3v) is 9.69. The number of rotatable bonds is 3. The minimum Gasteiger partial charge on any atom is -0.309 e. The zero-order valence-electron chi connectivity index (χ0n) is 25.1. The fourth-order valence-electron chi connectivity index (χ4n) is 7.63. The van der Waals surface area contributed by atoms with Crippen molar-refractivity contribution in [1.29, 1.82) is 0 Å². The molecule has 0 N–H and O–H groups in total. The molecular weight excluding hydrogens is 556 g/mol. The van der Waals surface area contributed by atoms with Gasteiger partial charge in [0.25, 0.3) is 0 Å². The van der Waals surface area contributed by atoms with Gasteiger partial charge in [0.2, 0.25) is 0 Å². The van der Waals surface area contributed by atoms with Gasteiger partial charge in [-0.25, -0.2) is 0 Å². The Kier molecular flexibility index (Phi) is 5.31. The highest BCUT2D eigenvalue weighted by molar-refractivity contribution is 6.13. The zero-order chi connectivity index (χ0) is 30.2. The van der Waals surface area contributed by atoms with Gasteiger partial charge >= 0.3 is 0 Å². The molecule has 0 radical (unpaired) electrons. The van der Waals surface area contributed by atoms with Gasteiger partial charge in [0.1, 0.15) is 0 Å². The van der Waals surface area contributed by atoms with Gasteiger partial charge in [-0.1, -0.05) is 127 Å². The van der Waals surface area contributed by atoms with Crippen molar-refractivity contribution in [3.8, 4) is 22.5 Å². The van der Waals surface area contributed by atoms with Crippen LogP contribution in [-0.2, 0) is 0 Å². The lowest BCUT2D eigenvalue weighted by Gasteiger charge is -2.13. The molecule has 0 bridgehead atoms. The minimum atomic E-state index is 1.20. The molecule has 10 aromatic rings. The first-order valence-corrected chi connectivity index (χ1v) is 15.9. The molecule has 2 heteroatoms. The summed E-state index contributed by atoms with van der Waals surface area (Å²) >= 11 is 0. The van der Waals surface area contributed by atoms with Crippen molar-refractivity contribution >= 4 is 65.2 Å². The lowest BCUT2D eigenvalue weighted by Crippen LogP contribution is -1.95. The SMILES string of the molecule is c1ccc2c(-n3c4ccccc4c4cc(-c5ccc6c7ccccc7n(-c7cccc8ccccc78)c6c5)ccc43)cccc2c1. The number of hydrogen-bond acceptors (Lipinski definition) is 0. The fraction of sp³-hybridized carbons (Fsp3) is 0. The number of para-hydroxylation sites is 2. The predicted molar refractivity (Wildman–Crippen MR) is 196 cm³/mol. The molecule has 10 rings (SSSR count). The molecule has 214 valence electrons. The number of nitrogens with zero attached hydrogens (tertiary/aromatic N) is 2. The van der Waals surface area contributed by atoms with Crippen molar-refractivity contribution in [3.05, 3.63) is 170 Å². The summed E-state index contributed by atoms with van der Waals surface area (Å²) in [6.45, 7) is 0. The van der Waals surface area contributed by atoms with E-state index in [0.717, 1.165) is 0 Å². The van der Waals surface area contributed by atoms with Gasteiger partial charge in [-0.2, -0.15) is 0 Å². The second-order valence-electron chi connectivity index (χ2n) is 12.2. The van der Waals surface area contributed by atoms with E-state index in [1.54, 1.807) is 0 Å².